The molecule has 0 amide bonds. The van der Waals surface area contributed by atoms with Gasteiger partial charge in [0.2, 0.25) is 0 Å². The number of unbranched alkanes of at least 4 members (excludes halogenated alkanes) is 2. The van der Waals surface area contributed by atoms with Crippen LogP contribution in [0, 0.1) is 0 Å². The Bertz CT molecular complexity index is 813. The second-order valence-corrected chi connectivity index (χ2v) is 5.93. The Balaban J connectivity index is 2.09. The number of hydrogen-bond acceptors (Lipinski definition) is 4. The topological polar surface area (TPSA) is 78.9 Å². The third kappa shape index (κ3) is 3.60. The summed E-state index contributed by atoms with van der Waals surface area (Å²) in [4.78, 5) is 40.5. The van der Waals surface area contributed by atoms with Gasteiger partial charge in [0.05, 0.1) is 6.33 Å². The predicted octanol–water partition coefficient (Wildman–Crippen LogP) is 1.36. The molecule has 23 heavy (non-hydrogen) atoms. The lowest BCUT2D eigenvalue weighted by molar-refractivity contribution is -0.119. The van der Waals surface area contributed by atoms with Gasteiger partial charge in [-0.15, -0.1) is 0 Å². The van der Waals surface area contributed by atoms with Crippen LogP contribution in [-0.2, 0) is 25.4 Å². The van der Waals surface area contributed by atoms with Crippen LogP contribution in [0.2, 0.25) is 0 Å². The maximum absolute atomic E-state index is 12.5. The fourth-order valence-electron chi connectivity index (χ4n) is 2.68. The summed E-state index contributed by atoms with van der Waals surface area (Å²) in [5, 5.41) is 0. The fraction of sp³-hybridized carbons (Fsp3) is 0.625. The molecule has 2 aromatic rings. The van der Waals surface area contributed by atoms with Crippen LogP contribution < -0.4 is 11.2 Å². The van der Waals surface area contributed by atoms with Crippen molar-refractivity contribution in [1.29, 1.82) is 0 Å². The van der Waals surface area contributed by atoms with E-state index in [0.717, 1.165) is 12.8 Å². The second kappa shape index (κ2) is 7.39. The third-order valence-electron chi connectivity index (χ3n) is 4.10. The fourth-order valence-corrected chi connectivity index (χ4v) is 2.68. The van der Waals surface area contributed by atoms with Crippen LogP contribution in [0.5, 0.6) is 0 Å². The molecule has 2 heterocycles. The Labute approximate surface area is 134 Å². The van der Waals surface area contributed by atoms with E-state index in [1.165, 1.54) is 15.5 Å². The number of imidazole rings is 1. The van der Waals surface area contributed by atoms with Gasteiger partial charge in [0.15, 0.2) is 11.2 Å². The average Bonchev–Trinajstić information content (AvgIpc) is 2.92. The Morgan fingerprint density at radius 2 is 1.83 bits per heavy atom. The van der Waals surface area contributed by atoms with Gasteiger partial charge in [-0.3, -0.25) is 18.7 Å². The zero-order valence-electron chi connectivity index (χ0n) is 14.0. The molecule has 0 unspecified atom stereocenters. The minimum atomic E-state index is -0.362. The van der Waals surface area contributed by atoms with E-state index < -0.39 is 0 Å². The molecule has 0 aromatic carbocycles. The van der Waals surface area contributed by atoms with E-state index in [2.05, 4.69) is 11.9 Å². The van der Waals surface area contributed by atoms with Gasteiger partial charge in [-0.25, -0.2) is 9.78 Å². The number of aromatic nitrogens is 4. The van der Waals surface area contributed by atoms with E-state index in [1.54, 1.807) is 18.7 Å². The first-order chi connectivity index (χ1) is 11.0. The monoisotopic (exact) mass is 320 g/mol. The zero-order chi connectivity index (χ0) is 17.0. The van der Waals surface area contributed by atoms with Crippen molar-refractivity contribution in [1.82, 2.24) is 18.7 Å². The van der Waals surface area contributed by atoms with E-state index in [1.807, 2.05) is 0 Å². The summed E-state index contributed by atoms with van der Waals surface area (Å²) in [6.45, 7) is 2.39. The molecule has 7 nitrogen and oxygen atoms in total. The van der Waals surface area contributed by atoms with E-state index in [-0.39, 0.29) is 17.0 Å². The maximum atomic E-state index is 12.5. The molecule has 0 aliphatic carbocycles. The molecule has 0 aliphatic rings. The van der Waals surface area contributed by atoms with Crippen molar-refractivity contribution in [2.24, 2.45) is 14.1 Å². The lowest BCUT2D eigenvalue weighted by Gasteiger charge is -2.08. The normalized spacial score (nSPS) is 11.3. The molecule has 2 rings (SSSR count). The number of carbonyl (C=O) groups is 1. The van der Waals surface area contributed by atoms with Crippen LogP contribution in [0.15, 0.2) is 15.9 Å². The van der Waals surface area contributed by atoms with Gasteiger partial charge in [0.25, 0.3) is 5.56 Å². The average molecular weight is 320 g/mol. The Morgan fingerprint density at radius 3 is 2.52 bits per heavy atom. The Kier molecular flexibility index (Phi) is 5.52. The number of Topliss-reactive ketones (excluding diaryl/α,β-unsaturated/α-hetero) is 1. The molecule has 0 N–H and O–H groups in total. The number of hydrogen-bond donors (Lipinski definition) is 0. The van der Waals surface area contributed by atoms with Gasteiger partial charge in [-0.2, -0.15) is 0 Å². The van der Waals surface area contributed by atoms with Crippen molar-refractivity contribution in [3.05, 3.63) is 27.2 Å². The van der Waals surface area contributed by atoms with Gasteiger partial charge in [-0.05, 0) is 19.3 Å². The number of ketones is 1. The van der Waals surface area contributed by atoms with Crippen molar-refractivity contribution >= 4 is 16.9 Å². The number of nitrogens with zero attached hydrogens (tertiary/aromatic N) is 4. The standard InChI is InChI=1S/C16H24N4O3/c1-4-5-8-12(21)9-6-7-10-20-15(22)13-14(17-11-18(13)2)19(3)16(20)23/h11H,4-10H2,1-3H3. The molecule has 0 saturated carbocycles. The third-order valence-corrected chi connectivity index (χ3v) is 4.10. The summed E-state index contributed by atoms with van der Waals surface area (Å²) < 4.78 is 4.26. The van der Waals surface area contributed by atoms with Gasteiger partial charge in [0, 0.05) is 33.5 Å². The molecule has 0 spiro atoms. The quantitative estimate of drug-likeness (QED) is 0.688. The first-order valence-electron chi connectivity index (χ1n) is 8.10. The highest BCUT2D eigenvalue weighted by Gasteiger charge is 2.14. The molecular formula is C16H24N4O3. The summed E-state index contributed by atoms with van der Waals surface area (Å²) in [6, 6.07) is 0. The van der Waals surface area contributed by atoms with Gasteiger partial charge < -0.3 is 4.57 Å². The van der Waals surface area contributed by atoms with Crippen molar-refractivity contribution in [2.45, 2.75) is 52.0 Å². The molecule has 7 heteroatoms. The highest BCUT2D eigenvalue weighted by Crippen LogP contribution is 2.06. The van der Waals surface area contributed by atoms with Crippen molar-refractivity contribution in [3.8, 4) is 0 Å². The molecule has 0 fully saturated rings. The molecule has 0 aliphatic heterocycles. The summed E-state index contributed by atoms with van der Waals surface area (Å²) in [5.41, 5.74) is 0.138. The number of aryl methyl sites for hydroxylation is 2. The van der Waals surface area contributed by atoms with E-state index >= 15 is 0 Å². The second-order valence-electron chi connectivity index (χ2n) is 5.93. The predicted molar refractivity (Wildman–Crippen MR) is 88.6 cm³/mol. The molecular weight excluding hydrogens is 296 g/mol. The van der Waals surface area contributed by atoms with Crippen LogP contribution in [0.1, 0.15) is 45.4 Å². The number of fused-ring (bicyclic) bond motifs is 1. The van der Waals surface area contributed by atoms with Gasteiger partial charge in [0.1, 0.15) is 5.78 Å². The summed E-state index contributed by atoms with van der Waals surface area (Å²) in [7, 11) is 3.35. The van der Waals surface area contributed by atoms with Crippen molar-refractivity contribution < 1.29 is 4.79 Å². The number of rotatable bonds is 8. The summed E-state index contributed by atoms with van der Waals surface area (Å²) >= 11 is 0. The van der Waals surface area contributed by atoms with E-state index in [9.17, 15) is 14.4 Å². The van der Waals surface area contributed by atoms with Crippen molar-refractivity contribution in [2.75, 3.05) is 0 Å². The summed E-state index contributed by atoms with van der Waals surface area (Å²) in [5.74, 6) is 0.259. The molecule has 2 aromatic heterocycles. The molecule has 0 saturated heterocycles. The molecule has 0 bridgehead atoms. The SMILES string of the molecule is CCCCC(=O)CCCCn1c(=O)c2c(ncn2C)n(C)c1=O. The largest absolute Gasteiger partial charge is 0.332 e. The molecule has 126 valence electrons. The van der Waals surface area contributed by atoms with Gasteiger partial charge >= 0.3 is 5.69 Å². The van der Waals surface area contributed by atoms with Crippen LogP contribution >= 0.6 is 0 Å². The minimum absolute atomic E-state index is 0.259. The lowest BCUT2D eigenvalue weighted by atomic mass is 10.1. The first kappa shape index (κ1) is 17.2. The minimum Gasteiger partial charge on any atom is -0.328 e. The maximum Gasteiger partial charge on any atom is 0.332 e. The van der Waals surface area contributed by atoms with Gasteiger partial charge in [-0.1, -0.05) is 13.3 Å². The molecule has 0 atom stereocenters. The van der Waals surface area contributed by atoms with Crippen LogP contribution in [0.4, 0.5) is 0 Å². The lowest BCUT2D eigenvalue weighted by Crippen LogP contribution is -2.39. The van der Waals surface area contributed by atoms with Crippen LogP contribution in [0.25, 0.3) is 11.2 Å². The highest BCUT2D eigenvalue weighted by molar-refractivity contribution is 5.78. The van der Waals surface area contributed by atoms with Crippen molar-refractivity contribution in [3.63, 3.8) is 0 Å². The first-order valence-corrected chi connectivity index (χ1v) is 8.10. The Hall–Kier alpha value is -2.18. The number of carbonyl (C=O) groups excluding carboxylic acids is 1. The van der Waals surface area contributed by atoms with E-state index in [4.69, 9.17) is 0 Å². The van der Waals surface area contributed by atoms with Crippen LogP contribution in [0.3, 0.4) is 0 Å². The smallest absolute Gasteiger partial charge is 0.328 e. The highest BCUT2D eigenvalue weighted by atomic mass is 16.2. The van der Waals surface area contributed by atoms with Crippen LogP contribution in [-0.4, -0.2) is 24.5 Å². The Morgan fingerprint density at radius 1 is 1.13 bits per heavy atom. The summed E-state index contributed by atoms with van der Waals surface area (Å²) in [6.07, 6.45) is 5.94. The van der Waals surface area contributed by atoms with E-state index in [0.29, 0.717) is 43.4 Å². The molecule has 0 radical (unpaired) electrons. The zero-order valence-corrected chi connectivity index (χ0v) is 14.0.